The van der Waals surface area contributed by atoms with E-state index in [2.05, 4.69) is 44.8 Å². The van der Waals surface area contributed by atoms with Gasteiger partial charge in [0.1, 0.15) is 0 Å². The number of aliphatic imine (C=N–C) groups is 1. The molecule has 2 aromatic rings. The van der Waals surface area contributed by atoms with Gasteiger partial charge in [0.2, 0.25) is 0 Å². The van der Waals surface area contributed by atoms with Crippen LogP contribution in [-0.2, 0) is 22.8 Å². The summed E-state index contributed by atoms with van der Waals surface area (Å²) in [6.07, 6.45) is 3.24. The van der Waals surface area contributed by atoms with E-state index in [1.165, 1.54) is 17.5 Å². The average molecular weight is 545 g/mol. The van der Waals surface area contributed by atoms with Crippen LogP contribution in [0.1, 0.15) is 23.1 Å². The monoisotopic (exact) mass is 544 g/mol. The average Bonchev–Trinajstić information content (AvgIpc) is 2.66. The molecule has 0 atom stereocenters. The highest BCUT2D eigenvalue weighted by molar-refractivity contribution is 14.0. The number of hydrogen-bond acceptors (Lipinski definition) is 4. The summed E-state index contributed by atoms with van der Waals surface area (Å²) in [4.78, 5) is 6.72. The molecular weight excluding hydrogens is 511 g/mol. The standard InChI is InChI=1S/C22H32N4O2S.HI/c1-17-15-19(10-13-21(17)29(5,27)28)16-25-22(23-2)24-14-6-7-18-8-11-20(12-9-18)26(3)4;/h8-13,15H,6-7,14,16H2,1-5H3,(H2,23,24,25);1H. The van der Waals surface area contributed by atoms with E-state index in [1.54, 1.807) is 13.1 Å². The fourth-order valence-corrected chi connectivity index (χ4v) is 4.06. The van der Waals surface area contributed by atoms with Crippen LogP contribution < -0.4 is 15.5 Å². The number of rotatable bonds is 8. The summed E-state index contributed by atoms with van der Waals surface area (Å²) in [7, 11) is 2.63. The molecule has 0 bridgehead atoms. The van der Waals surface area contributed by atoms with Crippen LogP contribution in [0, 0.1) is 6.92 Å². The van der Waals surface area contributed by atoms with Gasteiger partial charge in [-0.25, -0.2) is 8.42 Å². The van der Waals surface area contributed by atoms with Crippen molar-refractivity contribution in [3.05, 3.63) is 59.2 Å². The Bertz CT molecular complexity index is 942. The second kappa shape index (κ2) is 12.1. The van der Waals surface area contributed by atoms with Crippen molar-refractivity contribution < 1.29 is 8.42 Å². The number of hydrogen-bond donors (Lipinski definition) is 2. The number of guanidine groups is 1. The third-order valence-electron chi connectivity index (χ3n) is 4.71. The highest BCUT2D eigenvalue weighted by Crippen LogP contribution is 2.16. The van der Waals surface area contributed by atoms with E-state index in [4.69, 9.17) is 0 Å². The number of benzene rings is 2. The molecule has 166 valence electrons. The lowest BCUT2D eigenvalue weighted by atomic mass is 10.1. The van der Waals surface area contributed by atoms with Gasteiger partial charge in [0.15, 0.2) is 15.8 Å². The lowest BCUT2D eigenvalue weighted by Crippen LogP contribution is -2.37. The van der Waals surface area contributed by atoms with Crippen molar-refractivity contribution >= 4 is 45.5 Å². The number of nitrogens with one attached hydrogen (secondary N) is 2. The summed E-state index contributed by atoms with van der Waals surface area (Å²) in [6, 6.07) is 14.0. The van der Waals surface area contributed by atoms with Crippen LogP contribution >= 0.6 is 24.0 Å². The van der Waals surface area contributed by atoms with E-state index in [9.17, 15) is 8.42 Å². The Hall–Kier alpha value is -1.81. The van der Waals surface area contributed by atoms with E-state index in [0.29, 0.717) is 11.4 Å². The number of halogens is 1. The molecular formula is C22H33IN4O2S. The van der Waals surface area contributed by atoms with Crippen LogP contribution in [0.3, 0.4) is 0 Å². The van der Waals surface area contributed by atoms with Crippen molar-refractivity contribution in [2.24, 2.45) is 4.99 Å². The predicted molar refractivity (Wildman–Crippen MR) is 137 cm³/mol. The van der Waals surface area contributed by atoms with Gasteiger partial charge in [0, 0.05) is 46.2 Å². The first-order valence-electron chi connectivity index (χ1n) is 9.71. The van der Waals surface area contributed by atoms with E-state index < -0.39 is 9.84 Å². The Morgan fingerprint density at radius 1 is 1.03 bits per heavy atom. The van der Waals surface area contributed by atoms with Gasteiger partial charge in [-0.1, -0.05) is 24.3 Å². The van der Waals surface area contributed by atoms with Crippen LogP contribution in [0.5, 0.6) is 0 Å². The fourth-order valence-electron chi connectivity index (χ4n) is 3.10. The normalized spacial score (nSPS) is 11.6. The molecule has 0 heterocycles. The minimum atomic E-state index is -3.19. The smallest absolute Gasteiger partial charge is 0.191 e. The van der Waals surface area contributed by atoms with Crippen LogP contribution in [0.2, 0.25) is 0 Å². The highest BCUT2D eigenvalue weighted by Gasteiger charge is 2.11. The summed E-state index contributed by atoms with van der Waals surface area (Å²) in [5, 5.41) is 6.60. The van der Waals surface area contributed by atoms with Crippen molar-refractivity contribution in [1.29, 1.82) is 0 Å². The Labute approximate surface area is 198 Å². The summed E-state index contributed by atoms with van der Waals surface area (Å²) in [6.45, 7) is 3.22. The topological polar surface area (TPSA) is 73.8 Å². The molecule has 2 rings (SSSR count). The van der Waals surface area contributed by atoms with Gasteiger partial charge in [-0.2, -0.15) is 0 Å². The minimum absolute atomic E-state index is 0. The van der Waals surface area contributed by atoms with Crippen molar-refractivity contribution in [3.8, 4) is 0 Å². The Kier molecular flexibility index (Phi) is 10.6. The lowest BCUT2D eigenvalue weighted by Gasteiger charge is -2.14. The quantitative estimate of drug-likeness (QED) is 0.231. The molecule has 30 heavy (non-hydrogen) atoms. The molecule has 0 fully saturated rings. The second-order valence-corrected chi connectivity index (χ2v) is 9.37. The molecule has 0 saturated carbocycles. The maximum absolute atomic E-state index is 11.7. The fraction of sp³-hybridized carbons (Fsp3) is 0.409. The second-order valence-electron chi connectivity index (χ2n) is 7.39. The van der Waals surface area contributed by atoms with Gasteiger partial charge >= 0.3 is 0 Å². The first-order valence-corrected chi connectivity index (χ1v) is 11.6. The molecule has 2 N–H and O–H groups in total. The molecule has 0 aromatic heterocycles. The molecule has 0 spiro atoms. The zero-order valence-corrected chi connectivity index (χ0v) is 21.5. The number of sulfone groups is 1. The molecule has 0 aliphatic rings. The van der Waals surface area contributed by atoms with Crippen molar-refractivity contribution in [2.45, 2.75) is 31.2 Å². The van der Waals surface area contributed by atoms with Gasteiger partial charge in [-0.15, -0.1) is 24.0 Å². The van der Waals surface area contributed by atoms with Crippen LogP contribution in [0.15, 0.2) is 52.4 Å². The van der Waals surface area contributed by atoms with E-state index in [0.717, 1.165) is 36.5 Å². The van der Waals surface area contributed by atoms with Gasteiger partial charge in [-0.3, -0.25) is 4.99 Å². The Morgan fingerprint density at radius 3 is 2.20 bits per heavy atom. The number of aryl methyl sites for hydroxylation is 2. The van der Waals surface area contributed by atoms with E-state index >= 15 is 0 Å². The largest absolute Gasteiger partial charge is 0.378 e. The number of nitrogens with zero attached hydrogens (tertiary/aromatic N) is 2. The molecule has 0 saturated heterocycles. The number of anilines is 1. The minimum Gasteiger partial charge on any atom is -0.378 e. The molecule has 2 aromatic carbocycles. The van der Waals surface area contributed by atoms with Crippen LogP contribution in [0.25, 0.3) is 0 Å². The summed E-state index contributed by atoms with van der Waals surface area (Å²) < 4.78 is 23.5. The summed E-state index contributed by atoms with van der Waals surface area (Å²) in [5.41, 5.74) is 4.30. The van der Waals surface area contributed by atoms with Gasteiger partial charge in [-0.05, 0) is 54.7 Å². The van der Waals surface area contributed by atoms with Crippen molar-refractivity contribution in [2.75, 3.05) is 38.8 Å². The first kappa shape index (κ1) is 26.2. The maximum Gasteiger partial charge on any atom is 0.191 e. The Morgan fingerprint density at radius 2 is 1.67 bits per heavy atom. The van der Waals surface area contributed by atoms with Gasteiger partial charge < -0.3 is 15.5 Å². The molecule has 0 unspecified atom stereocenters. The highest BCUT2D eigenvalue weighted by atomic mass is 127. The lowest BCUT2D eigenvalue weighted by molar-refractivity contribution is 0.601. The molecule has 0 aliphatic heterocycles. The van der Waals surface area contributed by atoms with E-state index in [-0.39, 0.29) is 24.0 Å². The zero-order valence-electron chi connectivity index (χ0n) is 18.4. The summed E-state index contributed by atoms with van der Waals surface area (Å²) >= 11 is 0. The maximum atomic E-state index is 11.7. The predicted octanol–water partition coefficient (Wildman–Crippen LogP) is 3.38. The Balaban J connectivity index is 0.00000450. The third-order valence-corrected chi connectivity index (χ3v) is 5.97. The molecule has 0 radical (unpaired) electrons. The van der Waals surface area contributed by atoms with Crippen molar-refractivity contribution in [3.63, 3.8) is 0 Å². The zero-order chi connectivity index (χ0) is 21.4. The summed E-state index contributed by atoms with van der Waals surface area (Å²) in [5.74, 6) is 0.734. The molecule has 6 nitrogen and oxygen atoms in total. The van der Waals surface area contributed by atoms with E-state index in [1.807, 2.05) is 33.2 Å². The molecule has 0 aliphatic carbocycles. The van der Waals surface area contributed by atoms with Gasteiger partial charge in [0.25, 0.3) is 0 Å². The van der Waals surface area contributed by atoms with Crippen molar-refractivity contribution in [1.82, 2.24) is 10.6 Å². The van der Waals surface area contributed by atoms with Crippen LogP contribution in [-0.4, -0.2) is 48.3 Å². The first-order chi connectivity index (χ1) is 13.7. The third kappa shape index (κ3) is 8.14. The van der Waals surface area contributed by atoms with Crippen LogP contribution in [0.4, 0.5) is 5.69 Å². The molecule has 0 amide bonds. The SMILES string of the molecule is CN=C(NCCCc1ccc(N(C)C)cc1)NCc1ccc(S(C)(=O)=O)c(C)c1.I. The van der Waals surface area contributed by atoms with Gasteiger partial charge in [0.05, 0.1) is 4.90 Å². The molecule has 8 heteroatoms.